The lowest BCUT2D eigenvalue weighted by molar-refractivity contribution is -0.384. The molecule has 0 N–H and O–H groups in total. The molecule has 2 heterocycles. The first-order valence-electron chi connectivity index (χ1n) is 7.67. The van der Waals surface area contributed by atoms with Crippen LogP contribution < -0.4 is 5.56 Å². The number of fused-ring (bicyclic) bond motifs is 1. The van der Waals surface area contributed by atoms with Crippen LogP contribution in [0.2, 0.25) is 5.02 Å². The number of alkyl halides is 3. The van der Waals surface area contributed by atoms with Gasteiger partial charge in [0.15, 0.2) is 5.69 Å². The fraction of sp³-hybridized carbons (Fsp3) is 0.400. The standard InChI is InChI=1S/C15H12ClF4N3O3/c16-9-7-10(17)8(6-11(9)23(25)26)12-13(15(18,19)20)21-4-2-1-3-5-22(21)14(12)24/h6-7H,1-5H2. The summed E-state index contributed by atoms with van der Waals surface area (Å²) < 4.78 is 57.1. The molecule has 1 aromatic carbocycles. The van der Waals surface area contributed by atoms with Gasteiger partial charge in [-0.1, -0.05) is 11.6 Å². The average molecular weight is 394 g/mol. The molecule has 1 aliphatic heterocycles. The van der Waals surface area contributed by atoms with Gasteiger partial charge in [0, 0.05) is 30.8 Å². The molecule has 0 amide bonds. The SMILES string of the molecule is O=c1c(-c2cc([N+](=O)[O-])c(Cl)cc2F)c(C(F)(F)F)n2n1CCCCC2. The van der Waals surface area contributed by atoms with Crippen molar-refractivity contribution in [2.24, 2.45) is 0 Å². The van der Waals surface area contributed by atoms with Gasteiger partial charge in [-0.25, -0.2) is 9.07 Å². The van der Waals surface area contributed by atoms with Gasteiger partial charge in [-0.05, 0) is 19.3 Å². The van der Waals surface area contributed by atoms with Crippen LogP contribution in [0.3, 0.4) is 0 Å². The lowest BCUT2D eigenvalue weighted by Gasteiger charge is -2.14. The summed E-state index contributed by atoms with van der Waals surface area (Å²) >= 11 is 5.58. The van der Waals surface area contributed by atoms with Crippen LogP contribution in [0.25, 0.3) is 11.1 Å². The van der Waals surface area contributed by atoms with E-state index in [0.717, 1.165) is 9.36 Å². The Labute approximate surface area is 148 Å². The lowest BCUT2D eigenvalue weighted by atomic mass is 10.0. The van der Waals surface area contributed by atoms with Gasteiger partial charge in [-0.3, -0.25) is 19.6 Å². The Hall–Kier alpha value is -2.36. The lowest BCUT2D eigenvalue weighted by Crippen LogP contribution is -2.23. The molecule has 0 saturated heterocycles. The highest BCUT2D eigenvalue weighted by Gasteiger charge is 2.42. The second-order valence-corrected chi connectivity index (χ2v) is 6.28. The molecule has 0 fully saturated rings. The minimum Gasteiger partial charge on any atom is -0.277 e. The van der Waals surface area contributed by atoms with Crippen molar-refractivity contribution in [1.82, 2.24) is 9.36 Å². The molecule has 1 aromatic heterocycles. The molecule has 6 nitrogen and oxygen atoms in total. The molecule has 0 unspecified atom stereocenters. The molecular formula is C15H12ClF4N3O3. The van der Waals surface area contributed by atoms with E-state index < -0.39 is 50.0 Å². The molecule has 0 bridgehead atoms. The van der Waals surface area contributed by atoms with E-state index in [1.807, 2.05) is 0 Å². The molecule has 0 aliphatic carbocycles. The van der Waals surface area contributed by atoms with E-state index in [-0.39, 0.29) is 13.1 Å². The van der Waals surface area contributed by atoms with Crippen molar-refractivity contribution in [3.8, 4) is 11.1 Å². The summed E-state index contributed by atoms with van der Waals surface area (Å²) in [6.07, 6.45) is -3.35. The second kappa shape index (κ2) is 6.42. The van der Waals surface area contributed by atoms with Crippen LogP contribution >= 0.6 is 11.6 Å². The van der Waals surface area contributed by atoms with E-state index in [9.17, 15) is 32.5 Å². The Morgan fingerprint density at radius 3 is 2.31 bits per heavy atom. The van der Waals surface area contributed by atoms with Crippen LogP contribution in [-0.4, -0.2) is 14.3 Å². The number of benzene rings is 1. The van der Waals surface area contributed by atoms with Gasteiger partial charge in [0.1, 0.15) is 10.8 Å². The fourth-order valence-electron chi connectivity index (χ4n) is 3.14. The third-order valence-corrected chi connectivity index (χ3v) is 4.55. The van der Waals surface area contributed by atoms with Crippen molar-refractivity contribution in [2.45, 2.75) is 38.5 Å². The molecular weight excluding hydrogens is 382 g/mol. The molecule has 0 radical (unpaired) electrons. The van der Waals surface area contributed by atoms with Crippen LogP contribution in [0.5, 0.6) is 0 Å². The van der Waals surface area contributed by atoms with Crippen LogP contribution in [0.1, 0.15) is 25.0 Å². The van der Waals surface area contributed by atoms with Gasteiger partial charge in [-0.2, -0.15) is 13.2 Å². The molecule has 11 heteroatoms. The van der Waals surface area contributed by atoms with Gasteiger partial charge in [0.2, 0.25) is 0 Å². The van der Waals surface area contributed by atoms with Crippen LogP contribution in [0, 0.1) is 15.9 Å². The predicted molar refractivity (Wildman–Crippen MR) is 84.6 cm³/mol. The summed E-state index contributed by atoms with van der Waals surface area (Å²) in [4.78, 5) is 22.7. The summed E-state index contributed by atoms with van der Waals surface area (Å²) in [5.41, 5.74) is -4.83. The molecule has 0 saturated carbocycles. The Morgan fingerprint density at radius 1 is 1.12 bits per heavy atom. The molecule has 140 valence electrons. The third-order valence-electron chi connectivity index (χ3n) is 4.25. The van der Waals surface area contributed by atoms with Gasteiger partial charge in [-0.15, -0.1) is 0 Å². The summed E-state index contributed by atoms with van der Waals surface area (Å²) in [6.45, 7) is 0.000596. The maximum Gasteiger partial charge on any atom is 0.433 e. The number of rotatable bonds is 2. The van der Waals surface area contributed by atoms with Crippen molar-refractivity contribution >= 4 is 17.3 Å². The maximum atomic E-state index is 14.3. The zero-order chi connectivity index (χ0) is 19.2. The number of nitrogens with zero attached hydrogens (tertiary/aromatic N) is 3. The van der Waals surface area contributed by atoms with Crippen LogP contribution in [-0.2, 0) is 19.3 Å². The second-order valence-electron chi connectivity index (χ2n) is 5.87. The Balaban J connectivity index is 2.38. The van der Waals surface area contributed by atoms with Crippen LogP contribution in [0.4, 0.5) is 23.2 Å². The topological polar surface area (TPSA) is 70.1 Å². The van der Waals surface area contributed by atoms with E-state index in [0.29, 0.717) is 31.4 Å². The van der Waals surface area contributed by atoms with Crippen molar-refractivity contribution in [2.75, 3.05) is 0 Å². The third kappa shape index (κ3) is 2.98. The van der Waals surface area contributed by atoms with Gasteiger partial charge in [0.05, 0.1) is 10.5 Å². The number of nitro groups is 1. The maximum absolute atomic E-state index is 14.3. The highest BCUT2D eigenvalue weighted by molar-refractivity contribution is 6.32. The van der Waals surface area contributed by atoms with E-state index >= 15 is 0 Å². The minimum absolute atomic E-state index is 0.0542. The summed E-state index contributed by atoms with van der Waals surface area (Å²) in [6, 6.07) is 1.12. The average Bonchev–Trinajstić information content (AvgIpc) is 2.69. The number of halogens is 5. The predicted octanol–water partition coefficient (Wildman–Crippen LogP) is 4.22. The minimum atomic E-state index is -4.94. The quantitative estimate of drug-likeness (QED) is 0.436. The van der Waals surface area contributed by atoms with Crippen molar-refractivity contribution in [3.05, 3.63) is 49.1 Å². The molecule has 26 heavy (non-hydrogen) atoms. The van der Waals surface area contributed by atoms with Crippen molar-refractivity contribution < 1.29 is 22.5 Å². The Morgan fingerprint density at radius 2 is 1.73 bits per heavy atom. The van der Waals surface area contributed by atoms with Crippen LogP contribution in [0.15, 0.2) is 16.9 Å². The van der Waals surface area contributed by atoms with Crippen molar-refractivity contribution in [1.29, 1.82) is 0 Å². The number of aromatic nitrogens is 2. The summed E-state index contributed by atoms with van der Waals surface area (Å²) in [7, 11) is 0. The van der Waals surface area contributed by atoms with E-state index in [4.69, 9.17) is 11.6 Å². The van der Waals surface area contributed by atoms with E-state index in [2.05, 4.69) is 0 Å². The summed E-state index contributed by atoms with van der Waals surface area (Å²) in [5.74, 6) is -1.23. The highest BCUT2D eigenvalue weighted by atomic mass is 35.5. The number of hydrogen-bond donors (Lipinski definition) is 0. The zero-order valence-corrected chi connectivity index (χ0v) is 13.9. The zero-order valence-electron chi connectivity index (χ0n) is 13.1. The largest absolute Gasteiger partial charge is 0.433 e. The Bertz CT molecular complexity index is 949. The van der Waals surface area contributed by atoms with Gasteiger partial charge >= 0.3 is 6.18 Å². The van der Waals surface area contributed by atoms with Gasteiger partial charge in [0.25, 0.3) is 11.2 Å². The number of nitro benzene ring substituents is 1. The molecule has 2 aromatic rings. The normalized spacial score (nSPS) is 14.8. The molecule has 3 rings (SSSR count). The van der Waals surface area contributed by atoms with E-state index in [1.165, 1.54) is 0 Å². The first-order valence-corrected chi connectivity index (χ1v) is 8.05. The monoisotopic (exact) mass is 393 g/mol. The smallest absolute Gasteiger partial charge is 0.277 e. The van der Waals surface area contributed by atoms with Gasteiger partial charge < -0.3 is 0 Å². The highest BCUT2D eigenvalue weighted by Crippen LogP contribution is 2.40. The Kier molecular flexibility index (Phi) is 4.55. The first kappa shape index (κ1) is 18.4. The molecule has 0 atom stereocenters. The number of hydrogen-bond acceptors (Lipinski definition) is 3. The van der Waals surface area contributed by atoms with E-state index in [1.54, 1.807) is 0 Å². The van der Waals surface area contributed by atoms with Crippen molar-refractivity contribution in [3.63, 3.8) is 0 Å². The fourth-order valence-corrected chi connectivity index (χ4v) is 3.36. The molecule has 1 aliphatic rings. The molecule has 0 spiro atoms. The first-order chi connectivity index (χ1) is 12.1. The summed E-state index contributed by atoms with van der Waals surface area (Å²) in [5, 5.41) is 10.4.